The summed E-state index contributed by atoms with van der Waals surface area (Å²) in [4.78, 5) is 0. The molecule has 0 aromatic heterocycles. The van der Waals surface area contributed by atoms with Crippen LogP contribution in [-0.4, -0.2) is 6.04 Å². The Hall–Kier alpha value is -1.45. The molecule has 100 valence electrons. The molecule has 0 spiro atoms. The smallest absolute Gasteiger partial charge is 0.160 e. The highest BCUT2D eigenvalue weighted by Crippen LogP contribution is 2.30. The monoisotopic (exact) mass is 281 g/mol. The molecule has 0 heterocycles. The van der Waals surface area contributed by atoms with Crippen LogP contribution in [0.1, 0.15) is 12.5 Å². The number of halogens is 3. The van der Waals surface area contributed by atoms with E-state index in [9.17, 15) is 8.78 Å². The van der Waals surface area contributed by atoms with Crippen LogP contribution in [0.5, 0.6) is 0 Å². The SMILES string of the molecule is CC(N)Cc1ccc(-c2cc(F)c(F)cc2Cl)cc1. The summed E-state index contributed by atoms with van der Waals surface area (Å²) in [5.41, 5.74) is 8.04. The van der Waals surface area contributed by atoms with Crippen molar-refractivity contribution in [3.63, 3.8) is 0 Å². The van der Waals surface area contributed by atoms with Gasteiger partial charge in [0.25, 0.3) is 0 Å². The Balaban J connectivity index is 2.34. The zero-order valence-electron chi connectivity index (χ0n) is 10.5. The molecule has 0 aliphatic carbocycles. The minimum absolute atomic E-state index is 0.0812. The third-order valence-electron chi connectivity index (χ3n) is 2.83. The molecule has 1 atom stereocenters. The molecule has 1 nitrogen and oxygen atoms in total. The van der Waals surface area contributed by atoms with Crippen LogP contribution in [0.25, 0.3) is 11.1 Å². The van der Waals surface area contributed by atoms with Crippen molar-refractivity contribution in [2.45, 2.75) is 19.4 Å². The van der Waals surface area contributed by atoms with E-state index in [1.54, 1.807) is 0 Å². The molecule has 0 fully saturated rings. The average Bonchev–Trinajstić information content (AvgIpc) is 2.34. The largest absolute Gasteiger partial charge is 0.328 e. The van der Waals surface area contributed by atoms with Gasteiger partial charge in [-0.1, -0.05) is 35.9 Å². The van der Waals surface area contributed by atoms with Crippen LogP contribution in [0.2, 0.25) is 5.02 Å². The van der Waals surface area contributed by atoms with Crippen molar-refractivity contribution in [3.05, 3.63) is 58.6 Å². The Kier molecular flexibility index (Phi) is 4.17. The molecular formula is C15H14ClF2N. The Labute approximate surface area is 116 Å². The number of hydrogen-bond donors (Lipinski definition) is 1. The molecule has 2 aromatic rings. The zero-order chi connectivity index (χ0) is 14.0. The second kappa shape index (κ2) is 5.68. The average molecular weight is 282 g/mol. The van der Waals surface area contributed by atoms with Crippen molar-refractivity contribution in [3.8, 4) is 11.1 Å². The van der Waals surface area contributed by atoms with Gasteiger partial charge in [0.1, 0.15) is 0 Å². The van der Waals surface area contributed by atoms with Gasteiger partial charge in [-0.05, 0) is 36.6 Å². The van der Waals surface area contributed by atoms with Gasteiger partial charge < -0.3 is 5.73 Å². The molecule has 0 aliphatic rings. The Morgan fingerprint density at radius 1 is 1.11 bits per heavy atom. The fourth-order valence-electron chi connectivity index (χ4n) is 1.94. The predicted molar refractivity (Wildman–Crippen MR) is 74.2 cm³/mol. The second-order valence-electron chi connectivity index (χ2n) is 4.62. The quantitative estimate of drug-likeness (QED) is 0.840. The summed E-state index contributed by atoms with van der Waals surface area (Å²) >= 11 is 5.93. The lowest BCUT2D eigenvalue weighted by molar-refractivity contribution is 0.509. The third kappa shape index (κ3) is 3.31. The third-order valence-corrected chi connectivity index (χ3v) is 3.15. The fourth-order valence-corrected chi connectivity index (χ4v) is 2.20. The van der Waals surface area contributed by atoms with E-state index in [0.29, 0.717) is 5.56 Å². The van der Waals surface area contributed by atoms with Crippen molar-refractivity contribution in [1.82, 2.24) is 0 Å². The number of hydrogen-bond acceptors (Lipinski definition) is 1. The second-order valence-corrected chi connectivity index (χ2v) is 5.03. The minimum Gasteiger partial charge on any atom is -0.328 e. The van der Waals surface area contributed by atoms with Crippen LogP contribution in [-0.2, 0) is 6.42 Å². The van der Waals surface area contributed by atoms with Crippen molar-refractivity contribution >= 4 is 11.6 Å². The van der Waals surface area contributed by atoms with Crippen LogP contribution < -0.4 is 5.73 Å². The molecule has 2 N–H and O–H groups in total. The molecule has 0 bridgehead atoms. The van der Waals surface area contributed by atoms with Crippen LogP contribution in [0.4, 0.5) is 8.78 Å². The molecule has 1 unspecified atom stereocenters. The van der Waals surface area contributed by atoms with Gasteiger partial charge >= 0.3 is 0 Å². The molecule has 19 heavy (non-hydrogen) atoms. The lowest BCUT2D eigenvalue weighted by Crippen LogP contribution is -2.17. The van der Waals surface area contributed by atoms with Gasteiger partial charge in [-0.15, -0.1) is 0 Å². The Bertz CT molecular complexity index is 579. The first kappa shape index (κ1) is 14.0. The van der Waals surface area contributed by atoms with E-state index in [1.807, 2.05) is 31.2 Å². The van der Waals surface area contributed by atoms with Crippen molar-refractivity contribution < 1.29 is 8.78 Å². The normalized spacial score (nSPS) is 12.5. The van der Waals surface area contributed by atoms with E-state index in [1.165, 1.54) is 0 Å². The first-order chi connectivity index (χ1) is 8.97. The lowest BCUT2D eigenvalue weighted by Gasteiger charge is -2.08. The minimum atomic E-state index is -0.942. The summed E-state index contributed by atoms with van der Waals surface area (Å²) in [6.45, 7) is 1.93. The summed E-state index contributed by atoms with van der Waals surface area (Å²) in [7, 11) is 0. The van der Waals surface area contributed by atoms with Crippen LogP contribution in [0, 0.1) is 11.6 Å². The predicted octanol–water partition coefficient (Wildman–Crippen LogP) is 4.17. The topological polar surface area (TPSA) is 26.0 Å². The van der Waals surface area contributed by atoms with E-state index in [-0.39, 0.29) is 11.1 Å². The molecule has 0 radical (unpaired) electrons. The van der Waals surface area contributed by atoms with E-state index in [4.69, 9.17) is 17.3 Å². The van der Waals surface area contributed by atoms with Crippen molar-refractivity contribution in [1.29, 1.82) is 0 Å². The molecule has 4 heteroatoms. The Morgan fingerprint density at radius 2 is 1.68 bits per heavy atom. The standard InChI is InChI=1S/C15H14ClF2N/c1-9(19)6-10-2-4-11(5-3-10)12-7-14(17)15(18)8-13(12)16/h2-5,7-9H,6,19H2,1H3. The van der Waals surface area contributed by atoms with E-state index >= 15 is 0 Å². The summed E-state index contributed by atoms with van der Waals surface area (Å²) in [5, 5.41) is 0.193. The van der Waals surface area contributed by atoms with E-state index in [2.05, 4.69) is 0 Å². The number of nitrogens with two attached hydrogens (primary N) is 1. The highest BCUT2D eigenvalue weighted by atomic mass is 35.5. The maximum atomic E-state index is 13.2. The van der Waals surface area contributed by atoms with Crippen LogP contribution in [0.15, 0.2) is 36.4 Å². The fraction of sp³-hybridized carbons (Fsp3) is 0.200. The Morgan fingerprint density at radius 3 is 2.26 bits per heavy atom. The van der Waals surface area contributed by atoms with Gasteiger partial charge in [0.05, 0.1) is 5.02 Å². The van der Waals surface area contributed by atoms with Gasteiger partial charge in [0, 0.05) is 11.6 Å². The van der Waals surface area contributed by atoms with Gasteiger partial charge in [0.15, 0.2) is 11.6 Å². The lowest BCUT2D eigenvalue weighted by atomic mass is 10.0. The number of benzene rings is 2. The van der Waals surface area contributed by atoms with Crippen molar-refractivity contribution in [2.24, 2.45) is 5.73 Å². The molecular weight excluding hydrogens is 268 g/mol. The van der Waals surface area contributed by atoms with Gasteiger partial charge in [-0.3, -0.25) is 0 Å². The van der Waals surface area contributed by atoms with Crippen molar-refractivity contribution in [2.75, 3.05) is 0 Å². The molecule has 2 aromatic carbocycles. The molecule has 0 amide bonds. The molecule has 2 rings (SSSR count). The first-order valence-corrected chi connectivity index (χ1v) is 6.34. The summed E-state index contributed by atoms with van der Waals surface area (Å²) in [5.74, 6) is -1.85. The first-order valence-electron chi connectivity index (χ1n) is 5.97. The number of rotatable bonds is 3. The maximum Gasteiger partial charge on any atom is 0.160 e. The molecule has 0 saturated carbocycles. The van der Waals surface area contributed by atoms with Gasteiger partial charge in [-0.25, -0.2) is 8.78 Å². The van der Waals surface area contributed by atoms with Crippen LogP contribution in [0.3, 0.4) is 0 Å². The molecule has 0 aliphatic heterocycles. The summed E-state index contributed by atoms with van der Waals surface area (Å²) in [6.07, 6.45) is 0.770. The van der Waals surface area contributed by atoms with E-state index < -0.39 is 11.6 Å². The highest BCUT2D eigenvalue weighted by Gasteiger charge is 2.10. The van der Waals surface area contributed by atoms with Gasteiger partial charge in [0.2, 0.25) is 0 Å². The summed E-state index contributed by atoms with van der Waals surface area (Å²) in [6, 6.07) is 9.66. The summed E-state index contributed by atoms with van der Waals surface area (Å²) < 4.78 is 26.3. The van der Waals surface area contributed by atoms with Gasteiger partial charge in [-0.2, -0.15) is 0 Å². The van der Waals surface area contributed by atoms with Crippen LogP contribution >= 0.6 is 11.6 Å². The van der Waals surface area contributed by atoms with E-state index in [0.717, 1.165) is 29.7 Å². The maximum absolute atomic E-state index is 13.2. The zero-order valence-corrected chi connectivity index (χ0v) is 11.2. The highest BCUT2D eigenvalue weighted by molar-refractivity contribution is 6.33. The molecule has 0 saturated heterocycles.